The fourth-order valence-electron chi connectivity index (χ4n) is 4.50. The van der Waals surface area contributed by atoms with Crippen LogP contribution in [0, 0.1) is 0 Å². The standard InChI is InChI=1S/C26H32O4Si/c1-4-28-31(29-5-2,30-6-3)18-8-17-27-19-23-14-13-22-12-11-20-9-7-10-21-15-16-24(23)26(22)25(20)21/h7,9-16H,4-6,8,17-19H2,1-3H3. The number of hydrogen-bond acceptors (Lipinski definition) is 4. The minimum Gasteiger partial charge on any atom is -0.377 e. The quantitative estimate of drug-likeness (QED) is 0.144. The van der Waals surface area contributed by atoms with Crippen molar-refractivity contribution in [3.05, 3.63) is 60.2 Å². The molecule has 0 fully saturated rings. The predicted molar refractivity (Wildman–Crippen MR) is 130 cm³/mol. The number of rotatable bonds is 12. The van der Waals surface area contributed by atoms with Crippen LogP contribution in [0.25, 0.3) is 32.3 Å². The van der Waals surface area contributed by atoms with Gasteiger partial charge in [-0.3, -0.25) is 0 Å². The highest BCUT2D eigenvalue weighted by Crippen LogP contribution is 2.36. The molecule has 0 unspecified atom stereocenters. The Labute approximate surface area is 185 Å². The van der Waals surface area contributed by atoms with Crippen LogP contribution in [0.1, 0.15) is 32.8 Å². The van der Waals surface area contributed by atoms with E-state index in [0.29, 0.717) is 33.0 Å². The van der Waals surface area contributed by atoms with Crippen LogP contribution in [-0.4, -0.2) is 35.2 Å². The van der Waals surface area contributed by atoms with E-state index in [4.69, 9.17) is 18.0 Å². The second-order valence-electron chi connectivity index (χ2n) is 7.72. The lowest BCUT2D eigenvalue weighted by Crippen LogP contribution is -2.46. The van der Waals surface area contributed by atoms with Gasteiger partial charge < -0.3 is 18.0 Å². The van der Waals surface area contributed by atoms with Crippen molar-refractivity contribution in [2.45, 2.75) is 39.8 Å². The summed E-state index contributed by atoms with van der Waals surface area (Å²) in [5.41, 5.74) is 1.23. The molecule has 0 N–H and O–H groups in total. The number of benzene rings is 4. The second-order valence-corrected chi connectivity index (χ2v) is 10.5. The van der Waals surface area contributed by atoms with Crippen LogP contribution in [0.5, 0.6) is 0 Å². The van der Waals surface area contributed by atoms with Crippen LogP contribution in [0.4, 0.5) is 0 Å². The van der Waals surface area contributed by atoms with Crippen molar-refractivity contribution in [1.82, 2.24) is 0 Å². The Balaban J connectivity index is 1.46. The molecular weight excluding hydrogens is 404 g/mol. The predicted octanol–water partition coefficient (Wildman–Crippen LogP) is 6.54. The van der Waals surface area contributed by atoms with E-state index in [9.17, 15) is 0 Å². The number of ether oxygens (including phenoxy) is 1. The first-order valence-corrected chi connectivity index (χ1v) is 13.3. The monoisotopic (exact) mass is 436 g/mol. The van der Waals surface area contributed by atoms with E-state index in [0.717, 1.165) is 12.5 Å². The first-order chi connectivity index (χ1) is 15.2. The molecule has 0 radical (unpaired) electrons. The smallest absolute Gasteiger partial charge is 0.377 e. The molecule has 4 aromatic carbocycles. The van der Waals surface area contributed by atoms with E-state index in [1.165, 1.54) is 37.9 Å². The van der Waals surface area contributed by atoms with Gasteiger partial charge in [0.05, 0.1) is 6.61 Å². The van der Waals surface area contributed by atoms with Crippen molar-refractivity contribution in [1.29, 1.82) is 0 Å². The Morgan fingerprint density at radius 3 is 1.90 bits per heavy atom. The lowest BCUT2D eigenvalue weighted by Gasteiger charge is -2.28. The maximum atomic E-state index is 6.10. The van der Waals surface area contributed by atoms with Crippen LogP contribution in [0.2, 0.25) is 6.04 Å². The Hall–Kier alpha value is -2.02. The lowest BCUT2D eigenvalue weighted by molar-refractivity contribution is 0.0648. The van der Waals surface area contributed by atoms with Gasteiger partial charge in [0.2, 0.25) is 0 Å². The van der Waals surface area contributed by atoms with E-state index < -0.39 is 8.80 Å². The summed E-state index contributed by atoms with van der Waals surface area (Å²) in [7, 11) is -2.59. The molecule has 0 aliphatic carbocycles. The van der Waals surface area contributed by atoms with E-state index in [1.54, 1.807) is 0 Å². The molecule has 0 aliphatic rings. The normalized spacial score (nSPS) is 12.5. The van der Waals surface area contributed by atoms with Gasteiger partial charge in [-0.2, -0.15) is 0 Å². The molecule has 0 saturated heterocycles. The zero-order valence-corrected chi connectivity index (χ0v) is 19.8. The van der Waals surface area contributed by atoms with Crippen LogP contribution in [0.15, 0.2) is 54.6 Å². The average molecular weight is 437 g/mol. The van der Waals surface area contributed by atoms with Gasteiger partial charge in [0, 0.05) is 32.5 Å². The summed E-state index contributed by atoms with van der Waals surface area (Å²) < 4.78 is 23.9. The fraction of sp³-hybridized carbons (Fsp3) is 0.385. The summed E-state index contributed by atoms with van der Waals surface area (Å²) in [6.07, 6.45) is 0.859. The minimum absolute atomic E-state index is 0.598. The van der Waals surface area contributed by atoms with Gasteiger partial charge in [-0.1, -0.05) is 54.6 Å². The molecule has 0 heterocycles. The SMILES string of the molecule is CCO[Si](CCCOCc1ccc2ccc3cccc4ccc1c2c34)(OCC)OCC. The van der Waals surface area contributed by atoms with Crippen molar-refractivity contribution >= 4 is 41.1 Å². The van der Waals surface area contributed by atoms with Gasteiger partial charge in [-0.05, 0) is 65.1 Å². The molecule has 0 amide bonds. The topological polar surface area (TPSA) is 36.9 Å². The van der Waals surface area contributed by atoms with Crippen molar-refractivity contribution in [3.63, 3.8) is 0 Å². The highest BCUT2D eigenvalue weighted by Gasteiger charge is 2.39. The number of hydrogen-bond donors (Lipinski definition) is 0. The van der Waals surface area contributed by atoms with Gasteiger partial charge in [0.15, 0.2) is 0 Å². The van der Waals surface area contributed by atoms with Gasteiger partial charge in [-0.25, -0.2) is 0 Å². The molecule has 4 aromatic rings. The summed E-state index contributed by atoms with van der Waals surface area (Å²) in [6, 6.07) is 20.6. The minimum atomic E-state index is -2.59. The molecule has 5 heteroatoms. The molecule has 0 atom stereocenters. The Morgan fingerprint density at radius 1 is 0.677 bits per heavy atom. The third-order valence-corrected chi connectivity index (χ3v) is 8.89. The highest BCUT2D eigenvalue weighted by molar-refractivity contribution is 6.60. The Kier molecular flexibility index (Phi) is 7.20. The van der Waals surface area contributed by atoms with Crippen LogP contribution < -0.4 is 0 Å². The third-order valence-electron chi connectivity index (χ3n) is 5.74. The van der Waals surface area contributed by atoms with Crippen LogP contribution in [-0.2, 0) is 24.6 Å². The molecule has 0 spiro atoms. The van der Waals surface area contributed by atoms with E-state index in [1.807, 2.05) is 20.8 Å². The maximum Gasteiger partial charge on any atom is 0.501 e. The Bertz CT molecular complexity index is 1090. The third kappa shape index (κ3) is 4.61. The van der Waals surface area contributed by atoms with Gasteiger partial charge in [0.25, 0.3) is 0 Å². The van der Waals surface area contributed by atoms with Crippen molar-refractivity contribution in [2.75, 3.05) is 26.4 Å². The van der Waals surface area contributed by atoms with E-state index >= 15 is 0 Å². The van der Waals surface area contributed by atoms with E-state index in [-0.39, 0.29) is 0 Å². The second kappa shape index (κ2) is 10.1. The molecule has 164 valence electrons. The lowest BCUT2D eigenvalue weighted by atomic mass is 9.92. The summed E-state index contributed by atoms with van der Waals surface area (Å²) in [5.74, 6) is 0. The van der Waals surface area contributed by atoms with Crippen molar-refractivity contribution in [2.24, 2.45) is 0 Å². The van der Waals surface area contributed by atoms with Gasteiger partial charge in [-0.15, -0.1) is 0 Å². The van der Waals surface area contributed by atoms with Gasteiger partial charge >= 0.3 is 8.80 Å². The Morgan fingerprint density at radius 2 is 1.26 bits per heavy atom. The van der Waals surface area contributed by atoms with Crippen LogP contribution in [0.3, 0.4) is 0 Å². The maximum absolute atomic E-state index is 6.10. The molecule has 0 aliphatic heterocycles. The van der Waals surface area contributed by atoms with E-state index in [2.05, 4.69) is 54.6 Å². The van der Waals surface area contributed by atoms with Crippen LogP contribution >= 0.6 is 0 Å². The molecule has 31 heavy (non-hydrogen) atoms. The van der Waals surface area contributed by atoms with Gasteiger partial charge in [0.1, 0.15) is 0 Å². The highest BCUT2D eigenvalue weighted by atomic mass is 28.4. The summed E-state index contributed by atoms with van der Waals surface area (Å²) in [5, 5.41) is 7.83. The molecule has 0 aromatic heterocycles. The molecule has 0 bridgehead atoms. The summed E-state index contributed by atoms with van der Waals surface area (Å²) in [4.78, 5) is 0. The molecule has 4 nitrogen and oxygen atoms in total. The molecule has 4 rings (SSSR count). The summed E-state index contributed by atoms with van der Waals surface area (Å²) >= 11 is 0. The molecule has 0 saturated carbocycles. The zero-order valence-electron chi connectivity index (χ0n) is 18.8. The zero-order chi connectivity index (χ0) is 21.7. The summed E-state index contributed by atoms with van der Waals surface area (Å²) in [6.45, 7) is 9.05. The van der Waals surface area contributed by atoms with Crippen molar-refractivity contribution in [3.8, 4) is 0 Å². The average Bonchev–Trinajstić information content (AvgIpc) is 2.78. The molecular formula is C26H32O4Si. The van der Waals surface area contributed by atoms with Crippen molar-refractivity contribution < 1.29 is 18.0 Å². The largest absolute Gasteiger partial charge is 0.501 e. The first-order valence-electron chi connectivity index (χ1n) is 11.4. The fourth-order valence-corrected chi connectivity index (χ4v) is 7.08. The first kappa shape index (κ1) is 22.2.